The maximum Gasteiger partial charge on any atom is 0.153 e. The van der Waals surface area contributed by atoms with Gasteiger partial charge in [-0.15, -0.1) is 11.2 Å². The lowest BCUT2D eigenvalue weighted by Gasteiger charge is -1.78. The van der Waals surface area contributed by atoms with Gasteiger partial charge in [0, 0.05) is 0 Å². The van der Waals surface area contributed by atoms with Crippen molar-refractivity contribution in [3.8, 4) is 0 Å². The summed E-state index contributed by atoms with van der Waals surface area (Å²) in [5.41, 5.74) is 0. The van der Waals surface area contributed by atoms with Crippen molar-refractivity contribution in [1.29, 1.82) is 0 Å². The molecule has 0 aliphatic rings. The van der Waals surface area contributed by atoms with Gasteiger partial charge in [0.05, 0.1) is 10.7 Å². The van der Waals surface area contributed by atoms with Crippen molar-refractivity contribution in [3.05, 3.63) is 0 Å². The molecule has 0 aliphatic heterocycles. The zero-order valence-electron chi connectivity index (χ0n) is 4.03. The van der Waals surface area contributed by atoms with Gasteiger partial charge in [-0.25, -0.2) is 0 Å². The number of Topliss-reactive ketones (excluding diaryl/α,β-unsaturated/α-hetero) is 1. The monoisotopic (exact) mass is 282 g/mol. The summed E-state index contributed by atoms with van der Waals surface area (Å²) in [7, 11) is 1.89. The average Bonchev–Trinajstić information content (AvgIpc) is 1.91. The van der Waals surface area contributed by atoms with Gasteiger partial charge in [-0.2, -0.15) is 0 Å². The molecule has 0 aromatic rings. The van der Waals surface area contributed by atoms with E-state index in [2.05, 4.69) is 43.1 Å². The van der Waals surface area contributed by atoms with Crippen LogP contribution in [-0.4, -0.2) is 16.4 Å². The summed E-state index contributed by atoms with van der Waals surface area (Å²) in [6, 6.07) is 0. The van der Waals surface area contributed by atoms with Gasteiger partial charge < -0.3 is 0 Å². The quantitative estimate of drug-likeness (QED) is 0.562. The fraction of sp³-hybridized carbons (Fsp3) is 0.667. The lowest BCUT2D eigenvalue weighted by Crippen LogP contribution is -1.97. The first-order valence-corrected chi connectivity index (χ1v) is 5.65. The van der Waals surface area contributed by atoms with Gasteiger partial charge in [-0.3, -0.25) is 4.79 Å². The zero-order chi connectivity index (χ0) is 6.99. The molecule has 0 fully saturated rings. The first-order chi connectivity index (χ1) is 3.81. The Morgan fingerprint density at radius 3 is 1.62 bits per heavy atom. The van der Waals surface area contributed by atoms with Crippen molar-refractivity contribution >= 4 is 57.5 Å². The van der Waals surface area contributed by atoms with Crippen LogP contribution in [0.5, 0.6) is 0 Å². The first-order valence-electron chi connectivity index (χ1n) is 1.66. The number of hydrogen-bond donors (Lipinski definition) is 0. The van der Waals surface area contributed by atoms with Crippen LogP contribution in [0, 0.1) is 0 Å². The summed E-state index contributed by atoms with van der Waals surface area (Å²) >= 11 is 10.5. The molecule has 0 amide bonds. The Morgan fingerprint density at radius 1 is 1.38 bits per heavy atom. The van der Waals surface area contributed by atoms with Gasteiger partial charge in [0.2, 0.25) is 0 Å². The molecule has 5 heteroatoms. The topological polar surface area (TPSA) is 17.1 Å². The van der Waals surface area contributed by atoms with Gasteiger partial charge in [0.1, 0.15) is 0 Å². The van der Waals surface area contributed by atoms with Crippen LogP contribution in [0.2, 0.25) is 0 Å². The standard InChI is InChI=1S/C3H4Br2O.ClH2P/c4-1-3(6)2-5;1-2/h1-2H2;2H2. The molecular formula is C3H6Br2ClOP. The summed E-state index contributed by atoms with van der Waals surface area (Å²) in [6.07, 6.45) is 0. The van der Waals surface area contributed by atoms with E-state index in [4.69, 9.17) is 0 Å². The molecular weight excluding hydrogens is 278 g/mol. The molecule has 1 nitrogen and oxygen atoms in total. The van der Waals surface area contributed by atoms with E-state index in [0.29, 0.717) is 10.7 Å². The highest BCUT2D eigenvalue weighted by Gasteiger charge is 1.89. The number of carbonyl (C=O) groups excluding carboxylic acids is 1. The third-order valence-electron chi connectivity index (χ3n) is 0.298. The molecule has 0 saturated heterocycles. The van der Waals surface area contributed by atoms with E-state index in [9.17, 15) is 4.79 Å². The molecule has 0 heterocycles. The van der Waals surface area contributed by atoms with Crippen LogP contribution in [0.4, 0.5) is 0 Å². The number of alkyl halides is 2. The molecule has 0 radical (unpaired) electrons. The van der Waals surface area contributed by atoms with Crippen LogP contribution in [0.25, 0.3) is 0 Å². The number of ketones is 1. The highest BCUT2D eigenvalue weighted by atomic mass is 79.9. The van der Waals surface area contributed by atoms with Crippen LogP contribution < -0.4 is 0 Å². The smallest absolute Gasteiger partial charge is 0.153 e. The van der Waals surface area contributed by atoms with Crippen molar-refractivity contribution in [2.75, 3.05) is 10.7 Å². The van der Waals surface area contributed by atoms with Crippen LogP contribution >= 0.6 is 51.7 Å². The Labute approximate surface area is 72.8 Å². The second-order valence-corrected chi connectivity index (χ2v) is 1.93. The Morgan fingerprint density at radius 2 is 1.62 bits per heavy atom. The number of hydrogen-bond acceptors (Lipinski definition) is 1. The normalized spacial score (nSPS) is 7.00. The van der Waals surface area contributed by atoms with E-state index in [-0.39, 0.29) is 5.78 Å². The molecule has 50 valence electrons. The summed E-state index contributed by atoms with van der Waals surface area (Å²) in [5.74, 6) is 0.176. The maximum absolute atomic E-state index is 10.1. The molecule has 0 rings (SSSR count). The first kappa shape index (κ1) is 12.1. The van der Waals surface area contributed by atoms with Crippen molar-refractivity contribution in [3.63, 3.8) is 0 Å². The van der Waals surface area contributed by atoms with Crippen molar-refractivity contribution in [2.45, 2.75) is 0 Å². The largest absolute Gasteiger partial charge is 0.298 e. The molecule has 1 unspecified atom stereocenters. The molecule has 0 N–H and O–H groups in total. The molecule has 0 aliphatic carbocycles. The second-order valence-electron chi connectivity index (χ2n) is 0.806. The van der Waals surface area contributed by atoms with Crippen LogP contribution in [0.15, 0.2) is 0 Å². The van der Waals surface area contributed by atoms with E-state index >= 15 is 0 Å². The highest BCUT2D eigenvalue weighted by Crippen LogP contribution is 1.86. The summed E-state index contributed by atoms with van der Waals surface area (Å²) in [4.78, 5) is 10.1. The molecule has 0 aromatic carbocycles. The van der Waals surface area contributed by atoms with E-state index in [1.807, 2.05) is 8.59 Å². The fourth-order valence-corrected chi connectivity index (χ4v) is 0.964. The molecule has 0 aromatic heterocycles. The lowest BCUT2D eigenvalue weighted by atomic mass is 10.5. The summed E-state index contributed by atoms with van der Waals surface area (Å²) in [6.45, 7) is 0. The maximum atomic E-state index is 10.1. The minimum absolute atomic E-state index is 0.176. The molecule has 0 saturated carbocycles. The minimum Gasteiger partial charge on any atom is -0.298 e. The second kappa shape index (κ2) is 11.2. The van der Waals surface area contributed by atoms with Crippen molar-refractivity contribution < 1.29 is 4.79 Å². The van der Waals surface area contributed by atoms with Crippen LogP contribution in [0.1, 0.15) is 0 Å². The van der Waals surface area contributed by atoms with Gasteiger partial charge >= 0.3 is 0 Å². The number of carbonyl (C=O) groups is 1. The third-order valence-corrected chi connectivity index (χ3v) is 1.55. The van der Waals surface area contributed by atoms with Gasteiger partial charge in [-0.05, 0) is 8.59 Å². The predicted octanol–water partition coefficient (Wildman–Crippen LogP) is 2.36. The molecule has 0 bridgehead atoms. The fourth-order valence-electron chi connectivity index (χ4n) is 0.0357. The van der Waals surface area contributed by atoms with E-state index < -0.39 is 0 Å². The third kappa shape index (κ3) is 10.4. The Bertz CT molecular complexity index is 55.2. The predicted molar refractivity (Wildman–Crippen MR) is 48.2 cm³/mol. The van der Waals surface area contributed by atoms with E-state index in [1.54, 1.807) is 0 Å². The summed E-state index contributed by atoms with van der Waals surface area (Å²) in [5, 5.41) is 0.913. The van der Waals surface area contributed by atoms with Crippen molar-refractivity contribution in [1.82, 2.24) is 0 Å². The lowest BCUT2D eigenvalue weighted by molar-refractivity contribution is -0.114. The van der Waals surface area contributed by atoms with Crippen LogP contribution in [-0.2, 0) is 4.79 Å². The highest BCUT2D eigenvalue weighted by molar-refractivity contribution is 9.10. The average molecular weight is 284 g/mol. The van der Waals surface area contributed by atoms with Gasteiger partial charge in [0.15, 0.2) is 5.78 Å². The molecule has 0 spiro atoms. The Kier molecular flexibility index (Phi) is 16.9. The SMILES string of the molecule is O=C(CBr)CBr.PCl. The van der Waals surface area contributed by atoms with E-state index in [1.165, 1.54) is 0 Å². The van der Waals surface area contributed by atoms with Crippen LogP contribution in [0.3, 0.4) is 0 Å². The van der Waals surface area contributed by atoms with E-state index in [0.717, 1.165) is 0 Å². The Hall–Kier alpha value is 1.35. The molecule has 1 atom stereocenters. The van der Waals surface area contributed by atoms with Gasteiger partial charge in [0.25, 0.3) is 0 Å². The van der Waals surface area contributed by atoms with Crippen molar-refractivity contribution in [2.24, 2.45) is 0 Å². The summed E-state index contributed by atoms with van der Waals surface area (Å²) < 4.78 is 0. The minimum atomic E-state index is 0.176. The number of rotatable bonds is 2. The number of halogens is 3. The van der Waals surface area contributed by atoms with Gasteiger partial charge in [-0.1, -0.05) is 31.9 Å². The Balaban J connectivity index is 0. The zero-order valence-corrected chi connectivity index (χ0v) is 9.12. The molecule has 8 heavy (non-hydrogen) atoms.